The summed E-state index contributed by atoms with van der Waals surface area (Å²) in [5.41, 5.74) is 2.83. The van der Waals surface area contributed by atoms with Crippen LogP contribution in [0.2, 0.25) is 0 Å². The van der Waals surface area contributed by atoms with Crippen molar-refractivity contribution in [3.05, 3.63) is 59.0 Å². The van der Waals surface area contributed by atoms with Crippen molar-refractivity contribution in [2.75, 3.05) is 38.3 Å². The van der Waals surface area contributed by atoms with Gasteiger partial charge in [0.1, 0.15) is 5.75 Å². The predicted molar refractivity (Wildman–Crippen MR) is 113 cm³/mol. The number of amidine groups is 1. The molecule has 1 N–H and O–H groups in total. The number of phenols is 1. The van der Waals surface area contributed by atoms with Gasteiger partial charge in [-0.25, -0.2) is 4.99 Å². The minimum absolute atomic E-state index is 0.0817. The summed E-state index contributed by atoms with van der Waals surface area (Å²) in [6.45, 7) is 3.30. The molecule has 2 saturated heterocycles. The van der Waals surface area contributed by atoms with Crippen molar-refractivity contribution in [1.29, 1.82) is 0 Å². The van der Waals surface area contributed by atoms with E-state index in [-0.39, 0.29) is 11.7 Å². The third-order valence-corrected chi connectivity index (χ3v) is 5.71. The number of nitrogens with zero attached hydrogens (tertiary/aromatic N) is 3. The van der Waals surface area contributed by atoms with E-state index in [0.29, 0.717) is 10.1 Å². The summed E-state index contributed by atoms with van der Waals surface area (Å²) in [6, 6.07) is 14.8. The summed E-state index contributed by atoms with van der Waals surface area (Å²) in [5, 5.41) is 10.0. The van der Waals surface area contributed by atoms with Crippen molar-refractivity contribution in [1.82, 2.24) is 4.90 Å². The van der Waals surface area contributed by atoms with Gasteiger partial charge >= 0.3 is 0 Å². The molecule has 28 heavy (non-hydrogen) atoms. The average Bonchev–Trinajstić information content (AvgIpc) is 2.99. The van der Waals surface area contributed by atoms with Crippen LogP contribution in [0.1, 0.15) is 5.56 Å². The minimum atomic E-state index is -0.0817. The zero-order valence-corrected chi connectivity index (χ0v) is 16.4. The lowest BCUT2D eigenvalue weighted by molar-refractivity contribution is -0.121. The van der Waals surface area contributed by atoms with Gasteiger partial charge in [0.05, 0.1) is 23.8 Å². The lowest BCUT2D eigenvalue weighted by Gasteiger charge is -2.28. The first kappa shape index (κ1) is 18.6. The van der Waals surface area contributed by atoms with E-state index in [0.717, 1.165) is 43.2 Å². The summed E-state index contributed by atoms with van der Waals surface area (Å²) in [5.74, 6) is 0.120. The maximum atomic E-state index is 12.5. The fourth-order valence-corrected chi connectivity index (χ4v) is 4.03. The number of morpholine rings is 1. The van der Waals surface area contributed by atoms with Gasteiger partial charge in [0, 0.05) is 25.8 Å². The molecule has 0 aliphatic carbocycles. The number of phenolic OH excluding ortho intramolecular Hbond substituents is 1. The number of hydrogen-bond donors (Lipinski definition) is 1. The number of aliphatic imine (C=N–C) groups is 1. The number of ether oxygens (including phenoxy) is 1. The van der Waals surface area contributed by atoms with Crippen molar-refractivity contribution in [3.63, 3.8) is 0 Å². The number of amides is 1. The smallest absolute Gasteiger partial charge is 0.266 e. The predicted octanol–water partition coefficient (Wildman–Crippen LogP) is 3.46. The molecule has 2 aliphatic heterocycles. The molecule has 0 saturated carbocycles. The molecule has 0 atom stereocenters. The second-order valence-electron chi connectivity index (χ2n) is 6.58. The molecule has 0 unspecified atom stereocenters. The SMILES string of the molecule is CN1C(=O)C(=Cc2ccc(O)cc2)SC1=Nc1ccc(N2CCOCC2)cc1. The number of thioether (sulfide) groups is 1. The Kier molecular flexibility index (Phi) is 5.36. The van der Waals surface area contributed by atoms with Crippen LogP contribution < -0.4 is 4.90 Å². The summed E-state index contributed by atoms with van der Waals surface area (Å²) < 4.78 is 5.39. The van der Waals surface area contributed by atoms with Gasteiger partial charge in [-0.05, 0) is 59.8 Å². The van der Waals surface area contributed by atoms with E-state index in [1.807, 2.05) is 18.2 Å². The maximum absolute atomic E-state index is 12.5. The lowest BCUT2D eigenvalue weighted by atomic mass is 10.2. The molecule has 4 rings (SSSR count). The number of carbonyl (C=O) groups excluding carboxylic acids is 1. The standard InChI is InChI=1S/C21H21N3O3S/c1-23-20(26)19(14-15-2-8-18(25)9-3-15)28-21(23)22-16-4-6-17(7-5-16)24-10-12-27-13-11-24/h2-9,14,25H,10-13H2,1H3. The van der Waals surface area contributed by atoms with Crippen molar-refractivity contribution in [3.8, 4) is 5.75 Å². The van der Waals surface area contributed by atoms with E-state index in [9.17, 15) is 9.90 Å². The Morgan fingerprint density at radius 1 is 1.07 bits per heavy atom. The highest BCUT2D eigenvalue weighted by molar-refractivity contribution is 8.18. The number of rotatable bonds is 3. The van der Waals surface area contributed by atoms with Crippen LogP contribution >= 0.6 is 11.8 Å². The van der Waals surface area contributed by atoms with Gasteiger partial charge in [-0.1, -0.05) is 12.1 Å². The summed E-state index contributed by atoms with van der Waals surface area (Å²) in [7, 11) is 1.73. The average molecular weight is 395 g/mol. The zero-order chi connectivity index (χ0) is 19.5. The second kappa shape index (κ2) is 8.08. The first-order chi connectivity index (χ1) is 13.6. The zero-order valence-electron chi connectivity index (χ0n) is 15.5. The van der Waals surface area contributed by atoms with Crippen LogP contribution in [0.5, 0.6) is 5.75 Å². The largest absolute Gasteiger partial charge is 0.508 e. The summed E-state index contributed by atoms with van der Waals surface area (Å²) in [4.78, 5) is 21.6. The quantitative estimate of drug-likeness (QED) is 0.807. The summed E-state index contributed by atoms with van der Waals surface area (Å²) in [6.07, 6.45) is 1.81. The van der Waals surface area contributed by atoms with E-state index in [1.54, 1.807) is 36.2 Å². The van der Waals surface area contributed by atoms with E-state index >= 15 is 0 Å². The molecule has 7 heteroatoms. The molecule has 1 amide bonds. The van der Waals surface area contributed by atoms with Crippen molar-refractivity contribution >= 4 is 40.3 Å². The van der Waals surface area contributed by atoms with Crippen LogP contribution in [0, 0.1) is 0 Å². The van der Waals surface area contributed by atoms with Crippen molar-refractivity contribution in [2.45, 2.75) is 0 Å². The highest BCUT2D eigenvalue weighted by Gasteiger charge is 2.30. The second-order valence-corrected chi connectivity index (χ2v) is 7.59. The first-order valence-corrected chi connectivity index (χ1v) is 9.90. The van der Waals surface area contributed by atoms with Crippen LogP contribution in [0.25, 0.3) is 6.08 Å². The Labute approximate surface area is 168 Å². The van der Waals surface area contributed by atoms with Crippen LogP contribution in [-0.4, -0.2) is 54.4 Å². The van der Waals surface area contributed by atoms with Gasteiger partial charge in [0.15, 0.2) is 5.17 Å². The number of anilines is 1. The Hall–Kier alpha value is -2.77. The van der Waals surface area contributed by atoms with Gasteiger partial charge < -0.3 is 14.7 Å². The maximum Gasteiger partial charge on any atom is 0.266 e. The molecule has 0 radical (unpaired) electrons. The molecular formula is C21H21N3O3S. The Balaban J connectivity index is 1.51. The monoisotopic (exact) mass is 395 g/mol. The lowest BCUT2D eigenvalue weighted by Crippen LogP contribution is -2.36. The fraction of sp³-hybridized carbons (Fsp3) is 0.238. The van der Waals surface area contributed by atoms with E-state index in [4.69, 9.17) is 4.74 Å². The van der Waals surface area contributed by atoms with Crippen LogP contribution in [0.3, 0.4) is 0 Å². The Morgan fingerprint density at radius 3 is 2.43 bits per heavy atom. The van der Waals surface area contributed by atoms with Gasteiger partial charge in [-0.3, -0.25) is 9.69 Å². The Bertz CT molecular complexity index is 917. The van der Waals surface area contributed by atoms with Gasteiger partial charge in [0.2, 0.25) is 0 Å². The number of aromatic hydroxyl groups is 1. The van der Waals surface area contributed by atoms with Gasteiger partial charge in [0.25, 0.3) is 5.91 Å². The number of likely N-dealkylation sites (N-methyl/N-ethyl adjacent to an activating group) is 1. The molecular weight excluding hydrogens is 374 g/mol. The molecule has 0 bridgehead atoms. The van der Waals surface area contributed by atoms with E-state index in [1.165, 1.54) is 11.8 Å². The molecule has 144 valence electrons. The molecule has 2 fully saturated rings. The van der Waals surface area contributed by atoms with Crippen molar-refractivity contribution in [2.24, 2.45) is 4.99 Å². The van der Waals surface area contributed by atoms with E-state index in [2.05, 4.69) is 22.0 Å². The topological polar surface area (TPSA) is 65.4 Å². The number of carbonyl (C=O) groups is 1. The van der Waals surface area contributed by atoms with Crippen molar-refractivity contribution < 1.29 is 14.6 Å². The molecule has 2 heterocycles. The third-order valence-electron chi connectivity index (χ3n) is 4.65. The first-order valence-electron chi connectivity index (χ1n) is 9.08. The Morgan fingerprint density at radius 2 is 1.75 bits per heavy atom. The minimum Gasteiger partial charge on any atom is -0.508 e. The summed E-state index contributed by atoms with van der Waals surface area (Å²) >= 11 is 1.35. The normalized spacial score (nSPS) is 20.4. The van der Waals surface area contributed by atoms with Gasteiger partial charge in [-0.15, -0.1) is 0 Å². The highest BCUT2D eigenvalue weighted by Crippen LogP contribution is 2.33. The molecule has 2 aromatic carbocycles. The fourth-order valence-electron chi connectivity index (χ4n) is 3.04. The van der Waals surface area contributed by atoms with E-state index < -0.39 is 0 Å². The highest BCUT2D eigenvalue weighted by atomic mass is 32.2. The third kappa shape index (κ3) is 4.05. The van der Waals surface area contributed by atoms with Crippen LogP contribution in [0.4, 0.5) is 11.4 Å². The molecule has 0 spiro atoms. The van der Waals surface area contributed by atoms with Crippen LogP contribution in [0.15, 0.2) is 58.4 Å². The molecule has 0 aromatic heterocycles. The van der Waals surface area contributed by atoms with Gasteiger partial charge in [-0.2, -0.15) is 0 Å². The molecule has 2 aliphatic rings. The molecule has 2 aromatic rings. The van der Waals surface area contributed by atoms with Crippen LogP contribution in [-0.2, 0) is 9.53 Å². The number of benzene rings is 2. The number of hydrogen-bond acceptors (Lipinski definition) is 6. The molecule has 6 nitrogen and oxygen atoms in total.